The van der Waals surface area contributed by atoms with Crippen molar-refractivity contribution < 1.29 is 24.2 Å². The molecule has 3 aromatic carbocycles. The number of aromatic amines is 1. The predicted octanol–water partition coefficient (Wildman–Crippen LogP) is 3.37. The molecule has 10 nitrogen and oxygen atoms in total. The van der Waals surface area contributed by atoms with Crippen LogP contribution in [0.5, 0.6) is 17.2 Å². The van der Waals surface area contributed by atoms with Gasteiger partial charge in [-0.15, -0.1) is 10.2 Å². The van der Waals surface area contributed by atoms with E-state index in [-0.39, 0.29) is 5.91 Å². The Morgan fingerprint density at radius 3 is 2.53 bits per heavy atom. The van der Waals surface area contributed by atoms with Crippen LogP contribution in [-0.4, -0.2) is 44.2 Å². The second-order valence-electron chi connectivity index (χ2n) is 6.52. The molecule has 0 bridgehead atoms. The molecule has 10 heteroatoms. The summed E-state index contributed by atoms with van der Waals surface area (Å²) in [5.74, 6) is 0.348. The van der Waals surface area contributed by atoms with Gasteiger partial charge in [0.1, 0.15) is 11.5 Å². The van der Waals surface area contributed by atoms with Crippen LogP contribution >= 0.6 is 0 Å². The zero-order valence-corrected chi connectivity index (χ0v) is 16.6. The van der Waals surface area contributed by atoms with Gasteiger partial charge in [-0.25, -0.2) is 4.79 Å². The number of nitrogens with zero attached hydrogens (tertiary/aromatic N) is 3. The van der Waals surface area contributed by atoms with Gasteiger partial charge in [0.2, 0.25) is 5.82 Å². The average Bonchev–Trinajstić information content (AvgIpc) is 3.35. The number of anilines is 1. The van der Waals surface area contributed by atoms with Crippen molar-refractivity contribution in [2.45, 2.75) is 0 Å². The third-order valence-corrected chi connectivity index (χ3v) is 4.28. The number of carboxylic acid groups (broad SMARTS) is 1. The zero-order chi connectivity index (χ0) is 22.3. The number of H-pyrrole nitrogens is 1. The van der Waals surface area contributed by atoms with Gasteiger partial charge in [0.25, 0.3) is 5.91 Å². The molecule has 0 aliphatic heterocycles. The van der Waals surface area contributed by atoms with Crippen LogP contribution in [0.4, 0.5) is 5.69 Å². The summed E-state index contributed by atoms with van der Waals surface area (Å²) in [6.07, 6.45) is 0. The van der Waals surface area contributed by atoms with E-state index in [2.05, 4.69) is 25.9 Å². The van der Waals surface area contributed by atoms with Crippen LogP contribution in [0.25, 0.3) is 11.4 Å². The normalized spacial score (nSPS) is 10.4. The highest BCUT2D eigenvalue weighted by atomic mass is 16.5. The van der Waals surface area contributed by atoms with Crippen molar-refractivity contribution >= 4 is 17.6 Å². The number of benzene rings is 3. The quantitative estimate of drug-likeness (QED) is 0.386. The Balaban J connectivity index is 1.47. The van der Waals surface area contributed by atoms with Crippen molar-refractivity contribution in [3.8, 4) is 28.6 Å². The number of tetrazole rings is 1. The number of rotatable bonds is 8. The number of nitrogens with one attached hydrogen (secondary N) is 2. The molecule has 1 aromatic heterocycles. The van der Waals surface area contributed by atoms with Gasteiger partial charge in [0.05, 0.1) is 5.69 Å². The fourth-order valence-corrected chi connectivity index (χ4v) is 2.81. The molecule has 0 atom stereocenters. The third-order valence-electron chi connectivity index (χ3n) is 4.28. The van der Waals surface area contributed by atoms with E-state index >= 15 is 0 Å². The van der Waals surface area contributed by atoms with E-state index in [1.54, 1.807) is 54.6 Å². The molecule has 0 fully saturated rings. The Kier molecular flexibility index (Phi) is 6.03. The minimum absolute atomic E-state index is 0.355. The van der Waals surface area contributed by atoms with E-state index in [0.29, 0.717) is 34.3 Å². The monoisotopic (exact) mass is 431 g/mol. The Bertz CT molecular complexity index is 1230. The molecule has 0 aliphatic rings. The van der Waals surface area contributed by atoms with Crippen molar-refractivity contribution in [2.75, 3.05) is 11.9 Å². The lowest BCUT2D eigenvalue weighted by Crippen LogP contribution is -2.13. The largest absolute Gasteiger partial charge is 0.482 e. The van der Waals surface area contributed by atoms with Crippen LogP contribution in [0.3, 0.4) is 0 Å². The smallest absolute Gasteiger partial charge is 0.341 e. The van der Waals surface area contributed by atoms with E-state index < -0.39 is 12.6 Å². The van der Waals surface area contributed by atoms with E-state index in [0.717, 1.165) is 5.56 Å². The molecule has 0 unspecified atom stereocenters. The van der Waals surface area contributed by atoms with Crippen LogP contribution in [0.15, 0.2) is 72.8 Å². The van der Waals surface area contributed by atoms with Crippen molar-refractivity contribution in [3.05, 3.63) is 78.4 Å². The van der Waals surface area contributed by atoms with Gasteiger partial charge in [-0.3, -0.25) is 4.79 Å². The van der Waals surface area contributed by atoms with Crippen molar-refractivity contribution in [1.82, 2.24) is 20.6 Å². The van der Waals surface area contributed by atoms with Crippen LogP contribution < -0.4 is 14.8 Å². The van der Waals surface area contributed by atoms with E-state index in [4.69, 9.17) is 14.6 Å². The average molecular weight is 431 g/mol. The number of aromatic nitrogens is 4. The van der Waals surface area contributed by atoms with Crippen LogP contribution in [0, 0.1) is 0 Å². The first kappa shape index (κ1) is 20.5. The summed E-state index contributed by atoms with van der Waals surface area (Å²) in [7, 11) is 0. The molecular weight excluding hydrogens is 414 g/mol. The summed E-state index contributed by atoms with van der Waals surface area (Å²) < 4.78 is 11.1. The number of hydrogen-bond donors (Lipinski definition) is 3. The standard InChI is InChI=1S/C22H17N5O5/c28-20(29)13-31-16-10-8-14(9-11-16)22(30)23-18-6-1-2-7-19(18)32-17-5-3-4-15(12-17)21-24-26-27-25-21/h1-12H,13H2,(H,23,30)(H,28,29)(H,24,25,26,27). The van der Waals surface area contributed by atoms with Crippen LogP contribution in [0.1, 0.15) is 10.4 Å². The van der Waals surface area contributed by atoms with Crippen molar-refractivity contribution in [2.24, 2.45) is 0 Å². The molecule has 0 radical (unpaired) electrons. The molecule has 4 rings (SSSR count). The molecule has 1 heterocycles. The first-order chi connectivity index (χ1) is 15.6. The van der Waals surface area contributed by atoms with Gasteiger partial charge in [0.15, 0.2) is 12.4 Å². The Morgan fingerprint density at radius 2 is 1.78 bits per heavy atom. The molecule has 0 aliphatic carbocycles. The van der Waals surface area contributed by atoms with Crippen LogP contribution in [-0.2, 0) is 4.79 Å². The number of aliphatic carboxylic acids is 1. The summed E-state index contributed by atoms with van der Waals surface area (Å²) in [5.41, 5.74) is 1.58. The SMILES string of the molecule is O=C(O)COc1ccc(C(=O)Nc2ccccc2Oc2cccc(-c3nn[nH]n3)c2)cc1. The summed E-state index contributed by atoms with van der Waals surface area (Å²) in [5, 5.41) is 25.4. The molecule has 4 aromatic rings. The molecule has 0 saturated carbocycles. The van der Waals surface area contributed by atoms with Crippen LogP contribution in [0.2, 0.25) is 0 Å². The lowest BCUT2D eigenvalue weighted by atomic mass is 10.2. The lowest BCUT2D eigenvalue weighted by molar-refractivity contribution is -0.139. The number of carbonyl (C=O) groups is 2. The second-order valence-corrected chi connectivity index (χ2v) is 6.52. The molecule has 1 amide bonds. The van der Waals surface area contributed by atoms with Gasteiger partial charge >= 0.3 is 5.97 Å². The first-order valence-electron chi connectivity index (χ1n) is 9.45. The lowest BCUT2D eigenvalue weighted by Gasteiger charge is -2.13. The van der Waals surface area contributed by atoms with Crippen molar-refractivity contribution in [1.29, 1.82) is 0 Å². The zero-order valence-electron chi connectivity index (χ0n) is 16.6. The van der Waals surface area contributed by atoms with Gasteiger partial charge in [0, 0.05) is 11.1 Å². The topological polar surface area (TPSA) is 139 Å². The van der Waals surface area contributed by atoms with E-state index in [1.807, 2.05) is 6.07 Å². The summed E-state index contributed by atoms with van der Waals surface area (Å²) in [6, 6.07) is 20.4. The Morgan fingerprint density at radius 1 is 0.969 bits per heavy atom. The molecule has 0 spiro atoms. The summed E-state index contributed by atoms with van der Waals surface area (Å²) in [4.78, 5) is 23.3. The first-order valence-corrected chi connectivity index (χ1v) is 9.45. The maximum Gasteiger partial charge on any atom is 0.341 e. The highest BCUT2D eigenvalue weighted by molar-refractivity contribution is 6.05. The molecule has 3 N–H and O–H groups in total. The number of carbonyl (C=O) groups excluding carboxylic acids is 1. The number of amides is 1. The van der Waals surface area contributed by atoms with Gasteiger partial charge in [-0.05, 0) is 53.7 Å². The molecule has 32 heavy (non-hydrogen) atoms. The van der Waals surface area contributed by atoms with Gasteiger partial charge in [-0.1, -0.05) is 24.3 Å². The predicted molar refractivity (Wildman–Crippen MR) is 114 cm³/mol. The minimum atomic E-state index is -1.08. The van der Waals surface area contributed by atoms with Crippen molar-refractivity contribution in [3.63, 3.8) is 0 Å². The summed E-state index contributed by atoms with van der Waals surface area (Å²) in [6.45, 7) is -0.454. The highest BCUT2D eigenvalue weighted by Gasteiger charge is 2.12. The van der Waals surface area contributed by atoms with Gasteiger partial charge < -0.3 is 19.9 Å². The fraction of sp³-hybridized carbons (Fsp3) is 0.0455. The maximum atomic E-state index is 12.7. The number of ether oxygens (including phenoxy) is 2. The number of hydrogen-bond acceptors (Lipinski definition) is 7. The second kappa shape index (κ2) is 9.39. The third kappa shape index (κ3) is 5.05. The Labute approximate surface area is 181 Å². The van der Waals surface area contributed by atoms with Gasteiger partial charge in [-0.2, -0.15) is 5.21 Å². The molecule has 160 valence electrons. The number of carboxylic acids is 1. The summed E-state index contributed by atoms with van der Waals surface area (Å²) >= 11 is 0. The number of para-hydroxylation sites is 2. The molecular formula is C22H17N5O5. The fourth-order valence-electron chi connectivity index (χ4n) is 2.81. The van der Waals surface area contributed by atoms with E-state index in [9.17, 15) is 9.59 Å². The highest BCUT2D eigenvalue weighted by Crippen LogP contribution is 2.31. The minimum Gasteiger partial charge on any atom is -0.482 e. The molecule has 0 saturated heterocycles. The maximum absolute atomic E-state index is 12.7. The Hall–Kier alpha value is -4.73. The van der Waals surface area contributed by atoms with E-state index in [1.165, 1.54) is 12.1 Å².